The van der Waals surface area contributed by atoms with Crippen molar-refractivity contribution in [2.45, 2.75) is 44.2 Å². The summed E-state index contributed by atoms with van der Waals surface area (Å²) in [5.74, 6) is 5.41. The van der Waals surface area contributed by atoms with E-state index in [2.05, 4.69) is 10.3 Å². The number of hydrazine groups is 1. The van der Waals surface area contributed by atoms with E-state index in [1.165, 1.54) is 45.2 Å². The van der Waals surface area contributed by atoms with Crippen LogP contribution >= 0.6 is 12.4 Å². The molecule has 0 aromatic rings. The third-order valence-electron chi connectivity index (χ3n) is 3.34. The van der Waals surface area contributed by atoms with Gasteiger partial charge in [-0.3, -0.25) is 11.3 Å². The van der Waals surface area contributed by atoms with Gasteiger partial charge in [0, 0.05) is 12.1 Å². The maximum absolute atomic E-state index is 5.41. The van der Waals surface area contributed by atoms with Gasteiger partial charge in [-0.2, -0.15) is 0 Å². The van der Waals surface area contributed by atoms with Crippen LogP contribution < -0.4 is 11.3 Å². The Labute approximate surface area is 86.4 Å². The monoisotopic (exact) mass is 205 g/mol. The molecule has 1 saturated carbocycles. The molecule has 0 radical (unpaired) electrons. The Morgan fingerprint density at radius 1 is 1.08 bits per heavy atom. The Morgan fingerprint density at radius 3 is 2.08 bits per heavy atom. The minimum absolute atomic E-state index is 0. The zero-order valence-corrected chi connectivity index (χ0v) is 8.85. The molecule has 3 N–H and O–H groups in total. The highest BCUT2D eigenvalue weighted by Crippen LogP contribution is 2.25. The summed E-state index contributed by atoms with van der Waals surface area (Å²) in [7, 11) is 0. The standard InChI is InChI=1S/C9H19N3.ClH/c10-11-8-2-4-9(5-3-8)12-6-1-7-12;/h8-9,11H,1-7,10H2;1H. The molecule has 3 nitrogen and oxygen atoms in total. The van der Waals surface area contributed by atoms with E-state index in [-0.39, 0.29) is 12.4 Å². The summed E-state index contributed by atoms with van der Waals surface area (Å²) in [6.07, 6.45) is 6.62. The summed E-state index contributed by atoms with van der Waals surface area (Å²) >= 11 is 0. The number of nitrogens with one attached hydrogen (secondary N) is 1. The average Bonchev–Trinajstić information content (AvgIpc) is 2.03. The number of nitrogens with zero attached hydrogens (tertiary/aromatic N) is 1. The van der Waals surface area contributed by atoms with Crippen molar-refractivity contribution in [3.8, 4) is 0 Å². The lowest BCUT2D eigenvalue weighted by molar-refractivity contribution is 0.0840. The highest BCUT2D eigenvalue weighted by molar-refractivity contribution is 5.85. The van der Waals surface area contributed by atoms with E-state index in [0.717, 1.165) is 6.04 Å². The summed E-state index contributed by atoms with van der Waals surface area (Å²) in [4.78, 5) is 2.62. The third-order valence-corrected chi connectivity index (χ3v) is 3.34. The molecule has 2 rings (SSSR count). The molecule has 1 saturated heterocycles. The van der Waals surface area contributed by atoms with Crippen LogP contribution in [0, 0.1) is 0 Å². The Bertz CT molecular complexity index is 142. The summed E-state index contributed by atoms with van der Waals surface area (Å²) in [6, 6.07) is 1.46. The lowest BCUT2D eigenvalue weighted by atomic mass is 9.89. The molecule has 1 heterocycles. The van der Waals surface area contributed by atoms with Crippen molar-refractivity contribution in [3.05, 3.63) is 0 Å². The molecule has 0 spiro atoms. The smallest absolute Gasteiger partial charge is 0.0211 e. The molecule has 0 bridgehead atoms. The van der Waals surface area contributed by atoms with Crippen molar-refractivity contribution in [1.29, 1.82) is 0 Å². The van der Waals surface area contributed by atoms with E-state index in [0.29, 0.717) is 6.04 Å². The van der Waals surface area contributed by atoms with E-state index >= 15 is 0 Å². The molecule has 0 unspecified atom stereocenters. The van der Waals surface area contributed by atoms with E-state index in [9.17, 15) is 0 Å². The van der Waals surface area contributed by atoms with E-state index in [1.807, 2.05) is 0 Å². The van der Waals surface area contributed by atoms with Crippen molar-refractivity contribution in [1.82, 2.24) is 10.3 Å². The van der Waals surface area contributed by atoms with Crippen LogP contribution in [-0.2, 0) is 0 Å². The van der Waals surface area contributed by atoms with Crippen molar-refractivity contribution < 1.29 is 0 Å². The van der Waals surface area contributed by atoms with Gasteiger partial charge in [0.05, 0.1) is 0 Å². The number of hydrogen-bond donors (Lipinski definition) is 2. The molecular formula is C9H20ClN3. The second kappa shape index (κ2) is 5.15. The van der Waals surface area contributed by atoms with Crippen LogP contribution in [0.4, 0.5) is 0 Å². The molecule has 0 amide bonds. The quantitative estimate of drug-likeness (QED) is 0.520. The maximum Gasteiger partial charge on any atom is 0.0211 e. The molecule has 0 aromatic carbocycles. The normalized spacial score (nSPS) is 34.8. The summed E-state index contributed by atoms with van der Waals surface area (Å²) in [5.41, 5.74) is 2.88. The van der Waals surface area contributed by atoms with Gasteiger partial charge in [-0.25, -0.2) is 0 Å². The van der Waals surface area contributed by atoms with E-state index in [4.69, 9.17) is 5.84 Å². The number of hydrogen-bond acceptors (Lipinski definition) is 3. The molecule has 0 atom stereocenters. The fraction of sp³-hybridized carbons (Fsp3) is 1.00. The lowest BCUT2D eigenvalue weighted by Gasteiger charge is -2.41. The SMILES string of the molecule is Cl.NNC1CCC(N2CCC2)CC1. The lowest BCUT2D eigenvalue weighted by Crippen LogP contribution is -2.49. The molecule has 1 aliphatic heterocycles. The maximum atomic E-state index is 5.41. The molecular weight excluding hydrogens is 186 g/mol. The Balaban J connectivity index is 0.000000845. The van der Waals surface area contributed by atoms with Gasteiger partial charge in [-0.1, -0.05) is 0 Å². The molecule has 2 aliphatic rings. The highest BCUT2D eigenvalue weighted by atomic mass is 35.5. The van der Waals surface area contributed by atoms with Crippen LogP contribution in [0.3, 0.4) is 0 Å². The zero-order chi connectivity index (χ0) is 8.39. The van der Waals surface area contributed by atoms with Gasteiger partial charge < -0.3 is 4.90 Å². The number of rotatable bonds is 2. The van der Waals surface area contributed by atoms with Crippen LogP contribution in [0.2, 0.25) is 0 Å². The van der Waals surface area contributed by atoms with Crippen molar-refractivity contribution in [3.63, 3.8) is 0 Å². The van der Waals surface area contributed by atoms with E-state index < -0.39 is 0 Å². The summed E-state index contributed by atoms with van der Waals surface area (Å²) < 4.78 is 0. The molecule has 2 fully saturated rings. The average molecular weight is 206 g/mol. The second-order valence-electron chi connectivity index (χ2n) is 4.06. The predicted molar refractivity (Wildman–Crippen MR) is 56.8 cm³/mol. The second-order valence-corrected chi connectivity index (χ2v) is 4.06. The number of nitrogens with two attached hydrogens (primary N) is 1. The van der Waals surface area contributed by atoms with Crippen LogP contribution in [0.1, 0.15) is 32.1 Å². The molecule has 78 valence electrons. The van der Waals surface area contributed by atoms with Crippen molar-refractivity contribution in [2.24, 2.45) is 5.84 Å². The Morgan fingerprint density at radius 2 is 1.69 bits per heavy atom. The van der Waals surface area contributed by atoms with Gasteiger partial charge in [0.2, 0.25) is 0 Å². The van der Waals surface area contributed by atoms with E-state index in [1.54, 1.807) is 0 Å². The van der Waals surface area contributed by atoms with Gasteiger partial charge in [0.25, 0.3) is 0 Å². The third kappa shape index (κ3) is 2.56. The summed E-state index contributed by atoms with van der Waals surface area (Å²) in [5, 5.41) is 0. The minimum atomic E-state index is 0. The van der Waals surface area contributed by atoms with Crippen molar-refractivity contribution in [2.75, 3.05) is 13.1 Å². The molecule has 4 heteroatoms. The first-order valence-electron chi connectivity index (χ1n) is 5.10. The van der Waals surface area contributed by atoms with Crippen LogP contribution in [0.15, 0.2) is 0 Å². The van der Waals surface area contributed by atoms with Gasteiger partial charge in [0.1, 0.15) is 0 Å². The van der Waals surface area contributed by atoms with Crippen LogP contribution in [0.25, 0.3) is 0 Å². The number of halogens is 1. The van der Waals surface area contributed by atoms with Gasteiger partial charge in [0.15, 0.2) is 0 Å². The fourth-order valence-electron chi connectivity index (χ4n) is 2.31. The molecule has 1 aliphatic carbocycles. The first-order valence-corrected chi connectivity index (χ1v) is 5.10. The van der Waals surface area contributed by atoms with Gasteiger partial charge >= 0.3 is 0 Å². The molecule has 13 heavy (non-hydrogen) atoms. The zero-order valence-electron chi connectivity index (χ0n) is 8.04. The van der Waals surface area contributed by atoms with Crippen molar-refractivity contribution >= 4 is 12.4 Å². The first-order chi connectivity index (χ1) is 5.90. The van der Waals surface area contributed by atoms with Crippen LogP contribution in [-0.4, -0.2) is 30.1 Å². The summed E-state index contributed by atoms with van der Waals surface area (Å²) in [6.45, 7) is 2.68. The van der Waals surface area contributed by atoms with Gasteiger partial charge in [-0.15, -0.1) is 12.4 Å². The van der Waals surface area contributed by atoms with Crippen LogP contribution in [0.5, 0.6) is 0 Å². The topological polar surface area (TPSA) is 41.3 Å². The molecule has 0 aromatic heterocycles. The minimum Gasteiger partial charge on any atom is -0.300 e. The largest absolute Gasteiger partial charge is 0.300 e. The fourth-order valence-corrected chi connectivity index (χ4v) is 2.31. The van der Waals surface area contributed by atoms with Gasteiger partial charge in [-0.05, 0) is 45.2 Å². The Hall–Kier alpha value is 0.170. The highest BCUT2D eigenvalue weighted by Gasteiger charge is 2.27. The number of likely N-dealkylation sites (tertiary alicyclic amines) is 1. The first kappa shape index (κ1) is 11.2. The predicted octanol–water partition coefficient (Wildman–Crippen LogP) is 0.888. The Kier molecular flexibility index (Phi) is 4.46.